The minimum absolute atomic E-state index is 0.0686. The molecular formula is C16H9ClF3N. The Morgan fingerprint density at radius 2 is 1.48 bits per heavy atom. The third kappa shape index (κ3) is 2.47. The van der Waals surface area contributed by atoms with Crippen LogP contribution < -0.4 is 0 Å². The van der Waals surface area contributed by atoms with Gasteiger partial charge in [-0.3, -0.25) is 0 Å². The van der Waals surface area contributed by atoms with Crippen LogP contribution in [0.15, 0.2) is 54.6 Å². The van der Waals surface area contributed by atoms with Crippen molar-refractivity contribution in [1.82, 2.24) is 4.98 Å². The number of aromatic nitrogens is 1. The molecule has 0 aliphatic rings. The van der Waals surface area contributed by atoms with Crippen LogP contribution in [0.4, 0.5) is 13.2 Å². The molecule has 0 N–H and O–H groups in total. The van der Waals surface area contributed by atoms with Crippen LogP contribution in [-0.2, 0) is 6.18 Å². The summed E-state index contributed by atoms with van der Waals surface area (Å²) in [7, 11) is 0. The minimum atomic E-state index is -4.57. The maximum Gasteiger partial charge on any atom is 0.434 e. The van der Waals surface area contributed by atoms with Gasteiger partial charge in [0, 0.05) is 10.9 Å². The summed E-state index contributed by atoms with van der Waals surface area (Å²) >= 11 is 6.25. The van der Waals surface area contributed by atoms with Gasteiger partial charge in [0.15, 0.2) is 5.69 Å². The van der Waals surface area contributed by atoms with Gasteiger partial charge in [-0.1, -0.05) is 60.1 Å². The molecule has 1 nitrogen and oxygen atoms in total. The summed E-state index contributed by atoms with van der Waals surface area (Å²) in [6.45, 7) is 0. The molecule has 0 radical (unpaired) electrons. The van der Waals surface area contributed by atoms with Crippen molar-refractivity contribution in [3.05, 3.63) is 65.3 Å². The molecule has 5 heteroatoms. The van der Waals surface area contributed by atoms with E-state index in [9.17, 15) is 13.2 Å². The summed E-state index contributed by atoms with van der Waals surface area (Å²) in [6.07, 6.45) is -4.57. The molecule has 0 aliphatic heterocycles. The lowest BCUT2D eigenvalue weighted by Crippen LogP contribution is -2.11. The highest BCUT2D eigenvalue weighted by Gasteiger charge is 2.37. The van der Waals surface area contributed by atoms with Crippen molar-refractivity contribution in [2.75, 3.05) is 0 Å². The third-order valence-corrected chi connectivity index (χ3v) is 3.55. The Labute approximate surface area is 124 Å². The minimum Gasteiger partial charge on any atom is -0.243 e. The van der Waals surface area contributed by atoms with Crippen molar-refractivity contribution in [1.29, 1.82) is 0 Å². The lowest BCUT2D eigenvalue weighted by atomic mass is 10.0. The van der Waals surface area contributed by atoms with Gasteiger partial charge in [0.05, 0.1) is 10.5 Å². The first-order valence-corrected chi connectivity index (χ1v) is 6.57. The molecule has 0 saturated heterocycles. The summed E-state index contributed by atoms with van der Waals surface area (Å²) < 4.78 is 40.0. The topological polar surface area (TPSA) is 12.9 Å². The van der Waals surface area contributed by atoms with E-state index < -0.39 is 11.9 Å². The van der Waals surface area contributed by atoms with E-state index in [0.717, 1.165) is 0 Å². The fourth-order valence-electron chi connectivity index (χ4n) is 2.25. The van der Waals surface area contributed by atoms with E-state index in [4.69, 9.17) is 11.6 Å². The number of halogens is 4. The van der Waals surface area contributed by atoms with Crippen molar-refractivity contribution in [3.8, 4) is 11.1 Å². The Bertz CT molecular complexity index is 798. The molecule has 3 aromatic rings. The molecule has 0 atom stereocenters. The highest BCUT2D eigenvalue weighted by molar-refractivity contribution is 6.38. The second-order valence-electron chi connectivity index (χ2n) is 4.53. The van der Waals surface area contributed by atoms with Crippen LogP contribution in [0.5, 0.6) is 0 Å². The maximum absolute atomic E-state index is 13.3. The van der Waals surface area contributed by atoms with Crippen LogP contribution in [0, 0.1) is 0 Å². The van der Waals surface area contributed by atoms with Crippen LogP contribution in [0.1, 0.15) is 5.69 Å². The fraction of sp³-hybridized carbons (Fsp3) is 0.0625. The van der Waals surface area contributed by atoms with E-state index in [2.05, 4.69) is 4.98 Å². The van der Waals surface area contributed by atoms with E-state index in [-0.39, 0.29) is 16.1 Å². The number of rotatable bonds is 1. The molecule has 0 saturated carbocycles. The normalized spacial score (nSPS) is 11.8. The van der Waals surface area contributed by atoms with Gasteiger partial charge in [0.2, 0.25) is 0 Å². The number of hydrogen-bond donors (Lipinski definition) is 0. The fourth-order valence-corrected chi connectivity index (χ4v) is 2.60. The first-order valence-electron chi connectivity index (χ1n) is 6.19. The Balaban J connectivity index is 2.43. The molecule has 0 bridgehead atoms. The van der Waals surface area contributed by atoms with Crippen LogP contribution in [0.3, 0.4) is 0 Å². The number of hydrogen-bond acceptors (Lipinski definition) is 1. The maximum atomic E-state index is 13.3. The molecular weight excluding hydrogens is 299 g/mol. The number of para-hydroxylation sites is 1. The Kier molecular flexibility index (Phi) is 3.33. The van der Waals surface area contributed by atoms with Gasteiger partial charge >= 0.3 is 6.18 Å². The van der Waals surface area contributed by atoms with Gasteiger partial charge in [0.25, 0.3) is 0 Å². The molecule has 0 aliphatic carbocycles. The number of pyridine rings is 1. The zero-order chi connectivity index (χ0) is 15.0. The molecule has 21 heavy (non-hydrogen) atoms. The van der Waals surface area contributed by atoms with Crippen LogP contribution >= 0.6 is 11.6 Å². The first-order chi connectivity index (χ1) is 9.98. The molecule has 0 amide bonds. The Morgan fingerprint density at radius 1 is 0.857 bits per heavy atom. The van der Waals surface area contributed by atoms with Crippen molar-refractivity contribution in [2.45, 2.75) is 6.18 Å². The molecule has 0 spiro atoms. The summed E-state index contributed by atoms with van der Waals surface area (Å²) in [6, 6.07) is 14.8. The van der Waals surface area contributed by atoms with Gasteiger partial charge in [-0.25, -0.2) is 4.98 Å². The summed E-state index contributed by atoms with van der Waals surface area (Å²) in [5.41, 5.74) is -0.413. The standard InChI is InChI=1S/C16H9ClF3N/c17-14-11-8-4-5-9-12(11)21-15(16(18,19)20)13(14)10-6-2-1-3-7-10/h1-9H. The molecule has 3 rings (SSSR count). The van der Waals surface area contributed by atoms with E-state index >= 15 is 0 Å². The predicted octanol–water partition coefficient (Wildman–Crippen LogP) is 5.57. The van der Waals surface area contributed by atoms with Gasteiger partial charge in [0.1, 0.15) is 0 Å². The van der Waals surface area contributed by atoms with Crippen molar-refractivity contribution in [3.63, 3.8) is 0 Å². The number of alkyl halides is 3. The zero-order valence-electron chi connectivity index (χ0n) is 10.7. The van der Waals surface area contributed by atoms with E-state index in [1.165, 1.54) is 6.07 Å². The monoisotopic (exact) mass is 307 g/mol. The molecule has 1 aromatic heterocycles. The van der Waals surface area contributed by atoms with Gasteiger partial charge in [-0.2, -0.15) is 13.2 Å². The summed E-state index contributed by atoms with van der Waals surface area (Å²) in [5, 5.41) is 0.574. The predicted molar refractivity (Wildman–Crippen MR) is 77.2 cm³/mol. The molecule has 2 aromatic carbocycles. The van der Waals surface area contributed by atoms with Crippen molar-refractivity contribution < 1.29 is 13.2 Å². The van der Waals surface area contributed by atoms with E-state index in [1.54, 1.807) is 48.5 Å². The van der Waals surface area contributed by atoms with Crippen LogP contribution in [0.25, 0.3) is 22.0 Å². The van der Waals surface area contributed by atoms with E-state index in [1.807, 2.05) is 0 Å². The lowest BCUT2D eigenvalue weighted by molar-refractivity contribution is -0.140. The Hall–Kier alpha value is -2.07. The molecule has 0 unspecified atom stereocenters. The van der Waals surface area contributed by atoms with Gasteiger partial charge in [-0.05, 0) is 11.6 Å². The highest BCUT2D eigenvalue weighted by Crippen LogP contribution is 2.42. The molecule has 1 heterocycles. The SMILES string of the molecule is FC(F)(F)c1nc2ccccc2c(Cl)c1-c1ccccc1. The smallest absolute Gasteiger partial charge is 0.243 e. The second kappa shape index (κ2) is 5.04. The second-order valence-corrected chi connectivity index (χ2v) is 4.91. The first kappa shape index (κ1) is 13.9. The third-order valence-electron chi connectivity index (χ3n) is 3.16. The average molecular weight is 308 g/mol. The summed E-state index contributed by atoms with van der Waals surface area (Å²) in [4.78, 5) is 3.77. The molecule has 106 valence electrons. The summed E-state index contributed by atoms with van der Waals surface area (Å²) in [5.74, 6) is 0. The highest BCUT2D eigenvalue weighted by atomic mass is 35.5. The van der Waals surface area contributed by atoms with Crippen LogP contribution in [-0.4, -0.2) is 4.98 Å². The number of fused-ring (bicyclic) bond motifs is 1. The van der Waals surface area contributed by atoms with Gasteiger partial charge < -0.3 is 0 Å². The van der Waals surface area contributed by atoms with Gasteiger partial charge in [-0.15, -0.1) is 0 Å². The Morgan fingerprint density at radius 3 is 2.14 bits per heavy atom. The largest absolute Gasteiger partial charge is 0.434 e. The lowest BCUT2D eigenvalue weighted by Gasteiger charge is -2.15. The van der Waals surface area contributed by atoms with E-state index in [0.29, 0.717) is 10.9 Å². The quantitative estimate of drug-likeness (QED) is 0.572. The number of benzene rings is 2. The zero-order valence-corrected chi connectivity index (χ0v) is 11.4. The van der Waals surface area contributed by atoms with Crippen LogP contribution in [0.2, 0.25) is 5.02 Å². The average Bonchev–Trinajstić information content (AvgIpc) is 2.47. The number of nitrogens with zero attached hydrogens (tertiary/aromatic N) is 1. The van der Waals surface area contributed by atoms with Crippen molar-refractivity contribution >= 4 is 22.5 Å². The molecule has 0 fully saturated rings. The van der Waals surface area contributed by atoms with Crippen molar-refractivity contribution in [2.24, 2.45) is 0 Å².